The topological polar surface area (TPSA) is 29.5 Å². The molecule has 4 heteroatoms. The SMILES string of the molecule is CCN(Cc1ccc(OC)c(F)c1)C(=O)Cc1ccc(-c2ccccc2)cc1. The van der Waals surface area contributed by atoms with E-state index < -0.39 is 5.82 Å². The Morgan fingerprint density at radius 3 is 2.18 bits per heavy atom. The molecule has 0 N–H and O–H groups in total. The van der Waals surface area contributed by atoms with Gasteiger partial charge in [0, 0.05) is 13.1 Å². The molecule has 0 saturated heterocycles. The molecular formula is C24H24FNO2. The number of rotatable bonds is 7. The summed E-state index contributed by atoms with van der Waals surface area (Å²) in [6, 6.07) is 23.0. The standard InChI is InChI=1S/C24H24FNO2/c1-3-26(17-19-11-14-23(28-2)22(25)15-19)24(27)16-18-9-12-21(13-10-18)20-7-5-4-6-8-20/h4-15H,3,16-17H2,1-2H3. The van der Waals surface area contributed by atoms with Crippen molar-refractivity contribution in [3.05, 3.63) is 89.7 Å². The summed E-state index contributed by atoms with van der Waals surface area (Å²) in [4.78, 5) is 14.4. The van der Waals surface area contributed by atoms with Gasteiger partial charge in [-0.25, -0.2) is 4.39 Å². The lowest BCUT2D eigenvalue weighted by Gasteiger charge is -2.21. The van der Waals surface area contributed by atoms with E-state index in [0.29, 0.717) is 19.5 Å². The summed E-state index contributed by atoms with van der Waals surface area (Å²) < 4.78 is 18.8. The minimum Gasteiger partial charge on any atom is -0.494 e. The second-order valence-corrected chi connectivity index (χ2v) is 6.62. The maximum Gasteiger partial charge on any atom is 0.227 e. The van der Waals surface area contributed by atoms with Gasteiger partial charge in [-0.2, -0.15) is 0 Å². The maximum absolute atomic E-state index is 13.9. The monoisotopic (exact) mass is 377 g/mol. The second kappa shape index (κ2) is 9.18. The Balaban J connectivity index is 1.66. The van der Waals surface area contributed by atoms with Gasteiger partial charge in [-0.3, -0.25) is 4.79 Å². The average Bonchev–Trinajstić information content (AvgIpc) is 2.73. The molecule has 3 aromatic rings. The van der Waals surface area contributed by atoms with Gasteiger partial charge in [0.15, 0.2) is 11.6 Å². The molecule has 0 aromatic heterocycles. The second-order valence-electron chi connectivity index (χ2n) is 6.62. The van der Waals surface area contributed by atoms with E-state index in [9.17, 15) is 9.18 Å². The summed E-state index contributed by atoms with van der Waals surface area (Å²) in [5.74, 6) is -0.192. The molecule has 3 aromatic carbocycles. The molecule has 3 nitrogen and oxygen atoms in total. The molecule has 3 rings (SSSR count). The highest BCUT2D eigenvalue weighted by Gasteiger charge is 2.14. The Kier molecular flexibility index (Phi) is 6.43. The van der Waals surface area contributed by atoms with Crippen LogP contribution in [0.15, 0.2) is 72.8 Å². The molecular weight excluding hydrogens is 353 g/mol. The van der Waals surface area contributed by atoms with Gasteiger partial charge in [0.25, 0.3) is 0 Å². The molecule has 0 unspecified atom stereocenters. The summed E-state index contributed by atoms with van der Waals surface area (Å²) >= 11 is 0. The lowest BCUT2D eigenvalue weighted by molar-refractivity contribution is -0.130. The Morgan fingerprint density at radius 1 is 0.929 bits per heavy atom. The first kappa shape index (κ1) is 19.6. The van der Waals surface area contributed by atoms with Crippen molar-refractivity contribution < 1.29 is 13.9 Å². The van der Waals surface area contributed by atoms with Gasteiger partial charge < -0.3 is 9.64 Å². The van der Waals surface area contributed by atoms with Crippen molar-refractivity contribution in [1.82, 2.24) is 4.90 Å². The number of likely N-dealkylation sites (N-methyl/N-ethyl adjacent to an activating group) is 1. The van der Waals surface area contributed by atoms with Gasteiger partial charge in [0.05, 0.1) is 13.5 Å². The predicted molar refractivity (Wildman–Crippen MR) is 110 cm³/mol. The lowest BCUT2D eigenvalue weighted by atomic mass is 10.0. The first-order valence-corrected chi connectivity index (χ1v) is 9.35. The van der Waals surface area contributed by atoms with Crippen molar-refractivity contribution in [3.63, 3.8) is 0 Å². The van der Waals surface area contributed by atoms with Crippen LogP contribution in [0.3, 0.4) is 0 Å². The highest BCUT2D eigenvalue weighted by Crippen LogP contribution is 2.21. The van der Waals surface area contributed by atoms with E-state index in [0.717, 1.165) is 22.3 Å². The number of hydrogen-bond acceptors (Lipinski definition) is 2. The summed E-state index contributed by atoms with van der Waals surface area (Å²) in [5, 5.41) is 0. The molecule has 144 valence electrons. The fourth-order valence-electron chi connectivity index (χ4n) is 3.14. The largest absolute Gasteiger partial charge is 0.494 e. The fourth-order valence-corrected chi connectivity index (χ4v) is 3.14. The highest BCUT2D eigenvalue weighted by atomic mass is 19.1. The van der Waals surface area contributed by atoms with E-state index in [-0.39, 0.29) is 11.7 Å². The van der Waals surface area contributed by atoms with Gasteiger partial charge >= 0.3 is 0 Å². The molecule has 0 spiro atoms. The normalized spacial score (nSPS) is 10.5. The van der Waals surface area contributed by atoms with Crippen LogP contribution in [0, 0.1) is 5.82 Å². The highest BCUT2D eigenvalue weighted by molar-refractivity contribution is 5.79. The first-order valence-electron chi connectivity index (χ1n) is 9.35. The summed E-state index contributed by atoms with van der Waals surface area (Å²) in [5.41, 5.74) is 3.98. The Labute approximate surface area is 165 Å². The number of ether oxygens (including phenoxy) is 1. The molecule has 0 bridgehead atoms. The molecule has 1 amide bonds. The molecule has 0 saturated carbocycles. The Morgan fingerprint density at radius 2 is 1.57 bits per heavy atom. The van der Waals surface area contributed by atoms with Crippen molar-refractivity contribution in [2.45, 2.75) is 19.9 Å². The van der Waals surface area contributed by atoms with E-state index >= 15 is 0 Å². The minimum atomic E-state index is -0.417. The van der Waals surface area contributed by atoms with Crippen LogP contribution < -0.4 is 4.74 Å². The van der Waals surface area contributed by atoms with Gasteiger partial charge in [-0.1, -0.05) is 60.7 Å². The van der Waals surface area contributed by atoms with Crippen molar-refractivity contribution in [3.8, 4) is 16.9 Å². The molecule has 0 atom stereocenters. The van der Waals surface area contributed by atoms with Crippen LogP contribution >= 0.6 is 0 Å². The van der Waals surface area contributed by atoms with Crippen molar-refractivity contribution in [2.75, 3.05) is 13.7 Å². The van der Waals surface area contributed by atoms with E-state index in [1.165, 1.54) is 13.2 Å². The summed E-state index contributed by atoms with van der Waals surface area (Å²) in [6.45, 7) is 2.86. The maximum atomic E-state index is 13.9. The van der Waals surface area contributed by atoms with E-state index in [2.05, 4.69) is 12.1 Å². The smallest absolute Gasteiger partial charge is 0.227 e. The number of halogens is 1. The van der Waals surface area contributed by atoms with Crippen LogP contribution in [-0.2, 0) is 17.8 Å². The molecule has 28 heavy (non-hydrogen) atoms. The van der Waals surface area contributed by atoms with Crippen LogP contribution in [0.5, 0.6) is 5.75 Å². The van der Waals surface area contributed by atoms with Gasteiger partial charge in [-0.15, -0.1) is 0 Å². The third-order valence-electron chi connectivity index (χ3n) is 4.74. The van der Waals surface area contributed by atoms with Crippen LogP contribution in [-0.4, -0.2) is 24.5 Å². The fraction of sp³-hybridized carbons (Fsp3) is 0.208. The third kappa shape index (κ3) is 4.77. The number of hydrogen-bond donors (Lipinski definition) is 0. The zero-order valence-electron chi connectivity index (χ0n) is 16.2. The number of methoxy groups -OCH3 is 1. The van der Waals surface area contributed by atoms with Crippen molar-refractivity contribution >= 4 is 5.91 Å². The number of carbonyl (C=O) groups excluding carboxylic acids is 1. The van der Waals surface area contributed by atoms with Crippen LogP contribution in [0.4, 0.5) is 4.39 Å². The molecule has 0 aliphatic carbocycles. The zero-order valence-corrected chi connectivity index (χ0v) is 16.2. The van der Waals surface area contributed by atoms with Gasteiger partial charge in [0.2, 0.25) is 5.91 Å². The quantitative estimate of drug-likeness (QED) is 0.574. The molecule has 0 radical (unpaired) electrons. The van der Waals surface area contributed by atoms with E-state index in [1.54, 1.807) is 17.0 Å². The number of benzene rings is 3. The van der Waals surface area contributed by atoms with Crippen molar-refractivity contribution in [2.24, 2.45) is 0 Å². The number of nitrogens with zero attached hydrogens (tertiary/aromatic N) is 1. The summed E-state index contributed by atoms with van der Waals surface area (Å²) in [6.07, 6.45) is 0.321. The predicted octanol–water partition coefficient (Wildman–Crippen LogP) is 5.09. The Hall–Kier alpha value is -3.14. The number of amides is 1. The number of carbonyl (C=O) groups is 1. The molecule has 0 aliphatic rings. The molecule has 0 fully saturated rings. The van der Waals surface area contributed by atoms with Gasteiger partial charge in [0.1, 0.15) is 0 Å². The van der Waals surface area contributed by atoms with Crippen molar-refractivity contribution in [1.29, 1.82) is 0 Å². The van der Waals surface area contributed by atoms with Crippen LogP contribution in [0.1, 0.15) is 18.1 Å². The van der Waals surface area contributed by atoms with Gasteiger partial charge in [-0.05, 0) is 41.3 Å². The summed E-state index contributed by atoms with van der Waals surface area (Å²) in [7, 11) is 1.43. The Bertz CT molecular complexity index is 923. The minimum absolute atomic E-state index is 0.0196. The third-order valence-corrected chi connectivity index (χ3v) is 4.74. The first-order chi connectivity index (χ1) is 13.6. The molecule has 0 aliphatic heterocycles. The van der Waals surface area contributed by atoms with Crippen LogP contribution in [0.25, 0.3) is 11.1 Å². The van der Waals surface area contributed by atoms with E-state index in [4.69, 9.17) is 4.74 Å². The average molecular weight is 377 g/mol. The lowest BCUT2D eigenvalue weighted by Crippen LogP contribution is -2.31. The zero-order chi connectivity index (χ0) is 19.9. The van der Waals surface area contributed by atoms with E-state index in [1.807, 2.05) is 49.4 Å². The molecule has 0 heterocycles. The van der Waals surface area contributed by atoms with Crippen LogP contribution in [0.2, 0.25) is 0 Å².